The number of hydrogen-bond acceptors (Lipinski definition) is 15. The van der Waals surface area contributed by atoms with Gasteiger partial charge in [-0.2, -0.15) is 0 Å². The van der Waals surface area contributed by atoms with Crippen LogP contribution < -0.4 is 0 Å². The van der Waals surface area contributed by atoms with E-state index in [2.05, 4.69) is 34.6 Å². The first-order chi connectivity index (χ1) is 46.0. The molecule has 0 saturated carbocycles. The smallest absolute Gasteiger partial charge is 0.462 e. The number of aliphatic hydroxyl groups is 1. The summed E-state index contributed by atoms with van der Waals surface area (Å²) in [6, 6.07) is 0. The highest BCUT2D eigenvalue weighted by atomic mass is 31.2. The third kappa shape index (κ3) is 70.3. The van der Waals surface area contributed by atoms with E-state index in [9.17, 15) is 43.2 Å². The molecule has 2 unspecified atom stereocenters. The number of esters is 4. The van der Waals surface area contributed by atoms with Gasteiger partial charge >= 0.3 is 39.5 Å². The van der Waals surface area contributed by atoms with E-state index in [-0.39, 0.29) is 25.7 Å². The van der Waals surface area contributed by atoms with Crippen LogP contribution in [-0.4, -0.2) is 96.7 Å². The molecule has 0 bridgehead atoms. The summed E-state index contributed by atoms with van der Waals surface area (Å²) in [5.74, 6) is -1.30. The van der Waals surface area contributed by atoms with Gasteiger partial charge in [-0.05, 0) is 31.6 Å². The van der Waals surface area contributed by atoms with E-state index in [0.29, 0.717) is 25.7 Å². The number of aliphatic hydroxyl groups excluding tert-OH is 1. The lowest BCUT2D eigenvalue weighted by atomic mass is 10.0. The lowest BCUT2D eigenvalue weighted by molar-refractivity contribution is -0.161. The third-order valence-corrected chi connectivity index (χ3v) is 19.7. The van der Waals surface area contributed by atoms with Crippen molar-refractivity contribution in [3.05, 3.63) is 0 Å². The van der Waals surface area contributed by atoms with Crippen LogP contribution in [0.3, 0.4) is 0 Å². The first-order valence-electron chi connectivity index (χ1n) is 39.6. The molecule has 17 nitrogen and oxygen atoms in total. The van der Waals surface area contributed by atoms with Crippen molar-refractivity contribution in [3.63, 3.8) is 0 Å². The van der Waals surface area contributed by atoms with Crippen LogP contribution in [0.4, 0.5) is 0 Å². The molecular formula is C76H148O17P2. The first kappa shape index (κ1) is 93.1. The van der Waals surface area contributed by atoms with Gasteiger partial charge in [0.25, 0.3) is 0 Å². The molecule has 0 fully saturated rings. The molecule has 0 aromatic heterocycles. The van der Waals surface area contributed by atoms with Gasteiger partial charge < -0.3 is 33.8 Å². The van der Waals surface area contributed by atoms with Gasteiger partial charge in [-0.1, -0.05) is 349 Å². The number of carbonyl (C=O) groups is 4. The normalized spacial score (nSPS) is 13.9. The molecule has 19 heteroatoms. The van der Waals surface area contributed by atoms with Crippen molar-refractivity contribution >= 4 is 39.5 Å². The molecule has 0 aromatic rings. The maximum atomic E-state index is 13.1. The predicted molar refractivity (Wildman–Crippen MR) is 386 cm³/mol. The van der Waals surface area contributed by atoms with Gasteiger partial charge in [0.2, 0.25) is 0 Å². The van der Waals surface area contributed by atoms with Gasteiger partial charge in [0, 0.05) is 25.7 Å². The number of phosphoric acid groups is 2. The highest BCUT2D eigenvalue weighted by molar-refractivity contribution is 7.47. The zero-order chi connectivity index (χ0) is 69.8. The molecule has 0 saturated heterocycles. The minimum atomic E-state index is -4.95. The van der Waals surface area contributed by atoms with Gasteiger partial charge in [0.05, 0.1) is 26.4 Å². The molecular weight excluding hydrogens is 1250 g/mol. The summed E-state index contributed by atoms with van der Waals surface area (Å²) >= 11 is 0. The standard InChI is InChI=1S/C76H148O17P2/c1-6-9-12-15-17-19-21-23-24-30-34-37-41-45-50-55-60-74(79)87-66-72(93-76(81)62-57-52-47-43-39-35-31-28-26-25-27-29-33-36-40-44-49-53-58-69(4)5)68-91-95(84,85)89-64-70(77)63-88-94(82,83)90-67-71(65-86-73(78)59-54-48-14-11-8-3)92-75(80)61-56-51-46-42-38-32-22-20-18-16-13-10-7-2/h69-72,77H,6-68H2,1-5H3,(H,82,83)(H,84,85)/t70-,71+,72+/m0/s1. The number of ether oxygens (including phenoxy) is 4. The fraction of sp³-hybridized carbons (Fsp3) is 0.947. The van der Waals surface area contributed by atoms with Crippen molar-refractivity contribution in [1.29, 1.82) is 0 Å². The van der Waals surface area contributed by atoms with Crippen molar-refractivity contribution < 1.29 is 80.2 Å². The van der Waals surface area contributed by atoms with Gasteiger partial charge in [-0.25, -0.2) is 9.13 Å². The van der Waals surface area contributed by atoms with Crippen LogP contribution in [0.5, 0.6) is 0 Å². The zero-order valence-electron chi connectivity index (χ0n) is 61.8. The lowest BCUT2D eigenvalue weighted by Crippen LogP contribution is -2.30. The Kier molecular flexibility index (Phi) is 67.7. The van der Waals surface area contributed by atoms with Crippen LogP contribution in [0.25, 0.3) is 0 Å². The largest absolute Gasteiger partial charge is 0.472 e. The highest BCUT2D eigenvalue weighted by Gasteiger charge is 2.30. The SMILES string of the molecule is CCCCCCCCCCCCCCCCCCC(=O)OC[C@H](COP(=O)(O)OC[C@@H](O)COP(=O)(O)OC[C@@H](COC(=O)CCCCCCC)OC(=O)CCCCCCCCCCCCCCC)OC(=O)CCCCCCCCCCCCCCCCCCCCC(C)C. The molecule has 0 spiro atoms. The van der Waals surface area contributed by atoms with Crippen LogP contribution in [0.1, 0.15) is 401 Å². The number of hydrogen-bond donors (Lipinski definition) is 3. The minimum Gasteiger partial charge on any atom is -0.462 e. The molecule has 0 heterocycles. The summed E-state index contributed by atoms with van der Waals surface area (Å²) in [7, 11) is -9.90. The van der Waals surface area contributed by atoms with Crippen molar-refractivity contribution in [2.75, 3.05) is 39.6 Å². The van der Waals surface area contributed by atoms with E-state index in [1.54, 1.807) is 0 Å². The minimum absolute atomic E-state index is 0.107. The van der Waals surface area contributed by atoms with Gasteiger partial charge in [0.1, 0.15) is 19.3 Å². The van der Waals surface area contributed by atoms with Gasteiger partial charge in [-0.15, -0.1) is 0 Å². The van der Waals surface area contributed by atoms with Crippen LogP contribution in [-0.2, 0) is 65.4 Å². The Morgan fingerprint density at radius 2 is 0.484 bits per heavy atom. The summed E-state index contributed by atoms with van der Waals surface area (Å²) < 4.78 is 68.3. The van der Waals surface area contributed by atoms with E-state index in [1.807, 2.05) is 0 Å². The molecule has 3 N–H and O–H groups in total. The monoisotopic (exact) mass is 1400 g/mol. The Morgan fingerprint density at radius 3 is 0.716 bits per heavy atom. The number of unbranched alkanes of at least 4 members (excludes halogenated alkanes) is 48. The third-order valence-electron chi connectivity index (χ3n) is 17.8. The van der Waals surface area contributed by atoms with Crippen molar-refractivity contribution in [1.82, 2.24) is 0 Å². The summed E-state index contributed by atoms with van der Waals surface area (Å²) in [6.07, 6.45) is 58.7. The highest BCUT2D eigenvalue weighted by Crippen LogP contribution is 2.45. The molecule has 0 amide bonds. The average molecular weight is 1400 g/mol. The maximum Gasteiger partial charge on any atom is 0.472 e. The zero-order valence-corrected chi connectivity index (χ0v) is 63.6. The fourth-order valence-corrected chi connectivity index (χ4v) is 13.3. The molecule has 5 atom stereocenters. The Morgan fingerprint density at radius 1 is 0.284 bits per heavy atom. The van der Waals surface area contributed by atoms with Crippen LogP contribution in [0.2, 0.25) is 0 Å². The Hall–Kier alpha value is -1.94. The summed E-state index contributed by atoms with van der Waals surface area (Å²) in [5, 5.41) is 10.6. The molecule has 0 aromatic carbocycles. The van der Waals surface area contributed by atoms with E-state index >= 15 is 0 Å². The molecule has 0 aliphatic rings. The van der Waals surface area contributed by atoms with E-state index < -0.39 is 97.5 Å². The van der Waals surface area contributed by atoms with Crippen LogP contribution >= 0.6 is 15.6 Å². The molecule has 0 rings (SSSR count). The van der Waals surface area contributed by atoms with Crippen molar-refractivity contribution in [3.8, 4) is 0 Å². The quantitative estimate of drug-likeness (QED) is 0.0222. The van der Waals surface area contributed by atoms with Crippen LogP contribution in [0, 0.1) is 5.92 Å². The molecule has 0 aliphatic heterocycles. The fourth-order valence-electron chi connectivity index (χ4n) is 11.7. The molecule has 95 heavy (non-hydrogen) atoms. The molecule has 0 radical (unpaired) electrons. The Balaban J connectivity index is 5.12. The van der Waals surface area contributed by atoms with Gasteiger partial charge in [-0.3, -0.25) is 37.3 Å². The molecule has 0 aliphatic carbocycles. The van der Waals surface area contributed by atoms with Crippen molar-refractivity contribution in [2.45, 2.75) is 419 Å². The predicted octanol–water partition coefficient (Wildman–Crippen LogP) is 22.5. The lowest BCUT2D eigenvalue weighted by Gasteiger charge is -2.21. The second-order valence-corrected chi connectivity index (χ2v) is 30.8. The van der Waals surface area contributed by atoms with Gasteiger partial charge in [0.15, 0.2) is 12.2 Å². The Bertz CT molecular complexity index is 1820. The number of phosphoric ester groups is 2. The van der Waals surface area contributed by atoms with E-state index in [4.69, 9.17) is 37.0 Å². The average Bonchev–Trinajstić information content (AvgIpc) is 1.77. The summed E-state index contributed by atoms with van der Waals surface area (Å²) in [4.78, 5) is 72.5. The van der Waals surface area contributed by atoms with Crippen LogP contribution in [0.15, 0.2) is 0 Å². The second-order valence-electron chi connectivity index (χ2n) is 27.9. The summed E-state index contributed by atoms with van der Waals surface area (Å²) in [6.45, 7) is 7.24. The Labute approximate surface area is 581 Å². The van der Waals surface area contributed by atoms with Crippen molar-refractivity contribution in [2.24, 2.45) is 5.92 Å². The number of rotatable bonds is 76. The maximum absolute atomic E-state index is 13.1. The van der Waals surface area contributed by atoms with E-state index in [0.717, 1.165) is 102 Å². The first-order valence-corrected chi connectivity index (χ1v) is 42.6. The van der Waals surface area contributed by atoms with E-state index in [1.165, 1.54) is 218 Å². The molecule has 564 valence electrons. The number of carbonyl (C=O) groups excluding carboxylic acids is 4. The topological polar surface area (TPSA) is 237 Å². The second kappa shape index (κ2) is 69.2. The summed E-state index contributed by atoms with van der Waals surface area (Å²) in [5.41, 5.74) is 0.